The number of fused-ring (bicyclic) bond motifs is 10. The number of aromatic nitrogens is 2. The van der Waals surface area contributed by atoms with Gasteiger partial charge in [-0.1, -0.05) is 133 Å². The summed E-state index contributed by atoms with van der Waals surface area (Å²) in [7, 11) is 0. The van der Waals surface area contributed by atoms with Crippen LogP contribution in [0.3, 0.4) is 0 Å². The number of rotatable bonds is 5. The number of hydrogen-bond donors (Lipinski definition) is 3. The predicted octanol–water partition coefficient (Wildman–Crippen LogP) is 12.0. The van der Waals surface area contributed by atoms with Crippen LogP contribution in [-0.2, 0) is 0 Å². The largest absolute Gasteiger partial charge is 0.456 e. The highest BCUT2D eigenvalue weighted by atomic mass is 16.3. The molecule has 1 aliphatic heterocycles. The summed E-state index contributed by atoms with van der Waals surface area (Å²) >= 11 is 0. The average molecular weight is 736 g/mol. The quantitative estimate of drug-likeness (QED) is 0.165. The van der Waals surface area contributed by atoms with Crippen LogP contribution in [0, 0.1) is 0 Å². The number of para-hydroxylation sites is 3. The first-order valence-electron chi connectivity index (χ1n) is 19.6. The molecule has 0 bridgehead atoms. The zero-order chi connectivity index (χ0) is 37.5. The molecule has 4 heterocycles. The highest BCUT2D eigenvalue weighted by Gasteiger charge is 2.30. The van der Waals surface area contributed by atoms with E-state index in [1.54, 1.807) is 0 Å². The average Bonchev–Trinajstić information content (AvgIpc) is 3.93. The maximum absolute atomic E-state index is 6.53. The molecule has 2 atom stereocenters. The van der Waals surface area contributed by atoms with E-state index in [0.29, 0.717) is 0 Å². The van der Waals surface area contributed by atoms with Crippen molar-refractivity contribution in [1.82, 2.24) is 25.1 Å². The predicted molar refractivity (Wildman–Crippen MR) is 233 cm³/mol. The molecular formula is C51H37N5O. The van der Waals surface area contributed by atoms with E-state index in [0.717, 1.165) is 49.9 Å². The molecule has 6 heteroatoms. The third kappa shape index (κ3) is 5.09. The van der Waals surface area contributed by atoms with Crippen molar-refractivity contribution in [1.29, 1.82) is 0 Å². The lowest BCUT2D eigenvalue weighted by Crippen LogP contribution is -2.54. The Hall–Kier alpha value is -6.96. The zero-order valence-corrected chi connectivity index (χ0v) is 30.9. The van der Waals surface area contributed by atoms with Crippen molar-refractivity contribution in [2.45, 2.75) is 18.5 Å². The summed E-state index contributed by atoms with van der Waals surface area (Å²) in [6.07, 6.45) is -0.167. The fourth-order valence-electron chi connectivity index (χ4n) is 9.23. The van der Waals surface area contributed by atoms with Gasteiger partial charge in [0, 0.05) is 49.8 Å². The van der Waals surface area contributed by atoms with Gasteiger partial charge in [0.25, 0.3) is 0 Å². The molecule has 0 spiro atoms. The molecule has 2 unspecified atom stereocenters. The first-order valence-corrected chi connectivity index (χ1v) is 19.6. The van der Waals surface area contributed by atoms with E-state index in [-0.39, 0.29) is 18.5 Å². The second-order valence-electron chi connectivity index (χ2n) is 15.1. The summed E-state index contributed by atoms with van der Waals surface area (Å²) in [5, 5.41) is 18.6. The highest BCUT2D eigenvalue weighted by Crippen LogP contribution is 2.44. The van der Waals surface area contributed by atoms with Crippen LogP contribution in [0.5, 0.6) is 0 Å². The van der Waals surface area contributed by atoms with E-state index in [4.69, 9.17) is 4.42 Å². The fourth-order valence-corrected chi connectivity index (χ4v) is 9.23. The normalized spacial score (nSPS) is 17.4. The number of nitrogens with one attached hydrogen (secondary N) is 3. The Morgan fingerprint density at radius 2 is 0.912 bits per heavy atom. The first kappa shape index (κ1) is 32.3. The van der Waals surface area contributed by atoms with Crippen LogP contribution in [0.1, 0.15) is 35.2 Å². The Bertz CT molecular complexity index is 3230. The van der Waals surface area contributed by atoms with Crippen molar-refractivity contribution in [2.24, 2.45) is 0 Å². The van der Waals surface area contributed by atoms with E-state index >= 15 is 0 Å². The van der Waals surface area contributed by atoms with Gasteiger partial charge in [-0.15, -0.1) is 0 Å². The Morgan fingerprint density at radius 3 is 1.60 bits per heavy atom. The minimum absolute atomic E-state index is 0.0373. The molecule has 3 aromatic heterocycles. The van der Waals surface area contributed by atoms with Gasteiger partial charge in [-0.25, -0.2) is 0 Å². The summed E-state index contributed by atoms with van der Waals surface area (Å²) in [6.45, 7) is 0. The van der Waals surface area contributed by atoms with Crippen molar-refractivity contribution in [3.05, 3.63) is 205 Å². The van der Waals surface area contributed by atoms with Crippen molar-refractivity contribution >= 4 is 65.6 Å². The molecule has 12 rings (SSSR count). The summed E-state index contributed by atoms with van der Waals surface area (Å²) in [4.78, 5) is 0. The maximum atomic E-state index is 6.53. The summed E-state index contributed by atoms with van der Waals surface area (Å²) in [5.41, 5.74) is 12.2. The molecule has 0 saturated carbocycles. The van der Waals surface area contributed by atoms with Crippen LogP contribution in [0.2, 0.25) is 0 Å². The van der Waals surface area contributed by atoms with Gasteiger partial charge in [0.1, 0.15) is 11.2 Å². The van der Waals surface area contributed by atoms with Crippen molar-refractivity contribution < 1.29 is 4.42 Å². The molecular weight excluding hydrogens is 699 g/mol. The van der Waals surface area contributed by atoms with Gasteiger partial charge < -0.3 is 13.6 Å². The van der Waals surface area contributed by atoms with Crippen molar-refractivity contribution in [2.75, 3.05) is 0 Å². The molecule has 6 nitrogen and oxygen atoms in total. The molecule has 272 valence electrons. The van der Waals surface area contributed by atoms with Gasteiger partial charge in [0.05, 0.1) is 40.6 Å². The van der Waals surface area contributed by atoms with Gasteiger partial charge in [-0.3, -0.25) is 16.0 Å². The Kier molecular flexibility index (Phi) is 7.25. The molecule has 0 aliphatic carbocycles. The first-order chi connectivity index (χ1) is 28.3. The minimum Gasteiger partial charge on any atom is -0.456 e. The third-order valence-corrected chi connectivity index (χ3v) is 11.8. The minimum atomic E-state index is -0.0924. The smallest absolute Gasteiger partial charge is 0.137 e. The van der Waals surface area contributed by atoms with Gasteiger partial charge in [-0.2, -0.15) is 0 Å². The maximum Gasteiger partial charge on any atom is 0.137 e. The van der Waals surface area contributed by atoms with E-state index in [2.05, 4.69) is 207 Å². The molecule has 8 aromatic carbocycles. The van der Waals surface area contributed by atoms with Crippen molar-refractivity contribution in [3.8, 4) is 11.4 Å². The van der Waals surface area contributed by atoms with Gasteiger partial charge in [0.15, 0.2) is 0 Å². The molecule has 57 heavy (non-hydrogen) atoms. The second-order valence-corrected chi connectivity index (χ2v) is 15.1. The Balaban J connectivity index is 1.07. The van der Waals surface area contributed by atoms with E-state index in [1.807, 2.05) is 6.07 Å². The van der Waals surface area contributed by atoms with Gasteiger partial charge >= 0.3 is 0 Å². The highest BCUT2D eigenvalue weighted by molar-refractivity contribution is 6.28. The molecule has 1 saturated heterocycles. The SMILES string of the molecule is c1ccc(C2NC(c3ccccc3)NC(c3ccc(-n4c5cc6oc7ccccc7c6cc5c5c4ccc4c6ccccc6n(-c6ccccc6)c45)cc3)N2)cc1. The molecule has 11 aromatic rings. The topological polar surface area (TPSA) is 59.1 Å². The van der Waals surface area contributed by atoms with Crippen LogP contribution in [0.25, 0.3) is 76.9 Å². The van der Waals surface area contributed by atoms with E-state index in [9.17, 15) is 0 Å². The molecule has 3 N–H and O–H groups in total. The Labute approximate surface area is 328 Å². The number of benzene rings is 8. The standard InChI is InChI=1S/C51H37N5O/c1-4-14-32(15-5-1)49-52-50(33-16-6-2-7-17-33)54-51(53-49)34-24-26-36(27-25-34)55-43-29-28-39-37-20-10-12-22-42(37)56(35-18-8-3-9-19-35)48(39)47(43)41-30-40-38-21-11-13-23-45(38)57-46(40)31-44(41)55/h1-31,49-54H. The lowest BCUT2D eigenvalue weighted by molar-refractivity contribution is 0.203. The van der Waals surface area contributed by atoms with Crippen molar-refractivity contribution in [3.63, 3.8) is 0 Å². The number of hydrogen-bond acceptors (Lipinski definition) is 4. The molecule has 0 amide bonds. The lowest BCUT2D eigenvalue weighted by Gasteiger charge is -2.39. The second kappa shape index (κ2) is 12.8. The van der Waals surface area contributed by atoms with E-state index in [1.165, 1.54) is 43.7 Å². The van der Waals surface area contributed by atoms with E-state index < -0.39 is 0 Å². The number of nitrogens with zero attached hydrogens (tertiary/aromatic N) is 2. The summed E-state index contributed by atoms with van der Waals surface area (Å²) < 4.78 is 11.4. The third-order valence-electron chi connectivity index (χ3n) is 11.8. The summed E-state index contributed by atoms with van der Waals surface area (Å²) in [5.74, 6) is 0. The van der Waals surface area contributed by atoms with Crippen LogP contribution in [0.15, 0.2) is 192 Å². The van der Waals surface area contributed by atoms with Crippen LogP contribution < -0.4 is 16.0 Å². The van der Waals surface area contributed by atoms with Gasteiger partial charge in [-0.05, 0) is 65.2 Å². The van der Waals surface area contributed by atoms with Crippen LogP contribution in [0.4, 0.5) is 0 Å². The summed E-state index contributed by atoms with van der Waals surface area (Å²) in [6, 6.07) is 67.3. The zero-order valence-electron chi connectivity index (χ0n) is 30.9. The van der Waals surface area contributed by atoms with Crippen LogP contribution in [-0.4, -0.2) is 9.13 Å². The van der Waals surface area contributed by atoms with Gasteiger partial charge in [0.2, 0.25) is 0 Å². The Morgan fingerprint density at radius 1 is 0.351 bits per heavy atom. The monoisotopic (exact) mass is 735 g/mol. The molecule has 1 aliphatic rings. The fraction of sp³-hybridized carbons (Fsp3) is 0.0588. The molecule has 0 radical (unpaired) electrons. The number of furan rings is 1. The lowest BCUT2D eigenvalue weighted by atomic mass is 10.0. The van der Waals surface area contributed by atoms with Crippen LogP contribution >= 0.6 is 0 Å². The molecule has 1 fully saturated rings.